The van der Waals surface area contributed by atoms with Crippen LogP contribution < -0.4 is 4.72 Å². The Kier molecular flexibility index (Phi) is 3.59. The molecule has 0 radical (unpaired) electrons. The number of rotatable bonds is 4. The lowest BCUT2D eigenvalue weighted by Gasteiger charge is -2.06. The van der Waals surface area contributed by atoms with Crippen LogP contribution in [-0.4, -0.2) is 31.5 Å². The molecule has 3 rings (SSSR count). The van der Waals surface area contributed by atoms with Crippen LogP contribution in [0.5, 0.6) is 0 Å². The number of thiophene rings is 1. The smallest absolute Gasteiger partial charge is 0.354 e. The number of hydrogen-bond acceptors (Lipinski definition) is 6. The van der Waals surface area contributed by atoms with Crippen LogP contribution >= 0.6 is 11.3 Å². The number of pyridine rings is 1. The highest BCUT2D eigenvalue weighted by molar-refractivity contribution is 7.94. The van der Waals surface area contributed by atoms with Crippen molar-refractivity contribution in [1.29, 1.82) is 0 Å². The number of methoxy groups -OCH3 is 1. The second kappa shape index (κ2) is 5.43. The number of esters is 1. The molecule has 0 aromatic carbocycles. The molecule has 7 nitrogen and oxygen atoms in total. The fourth-order valence-corrected chi connectivity index (χ4v) is 3.96. The van der Waals surface area contributed by atoms with Gasteiger partial charge in [-0.05, 0) is 23.6 Å². The molecule has 0 atom stereocenters. The first-order valence-electron chi connectivity index (χ1n) is 6.13. The van der Waals surface area contributed by atoms with Crippen molar-refractivity contribution >= 4 is 44.1 Å². The molecule has 0 amide bonds. The molecule has 0 spiro atoms. The molecule has 0 saturated heterocycles. The first kappa shape index (κ1) is 14.5. The highest BCUT2D eigenvalue weighted by Gasteiger charge is 2.19. The highest BCUT2D eigenvalue weighted by atomic mass is 32.2. The van der Waals surface area contributed by atoms with E-state index in [-0.39, 0.29) is 15.7 Å². The topological polar surface area (TPSA) is 101 Å². The number of aromatic amines is 1. The minimum Gasteiger partial charge on any atom is -0.464 e. The van der Waals surface area contributed by atoms with Crippen LogP contribution in [0.2, 0.25) is 0 Å². The summed E-state index contributed by atoms with van der Waals surface area (Å²) in [6, 6.07) is 6.39. The minimum absolute atomic E-state index is 0.126. The van der Waals surface area contributed by atoms with E-state index in [1.54, 1.807) is 23.6 Å². The van der Waals surface area contributed by atoms with Gasteiger partial charge in [-0.15, -0.1) is 11.3 Å². The van der Waals surface area contributed by atoms with Gasteiger partial charge in [0.05, 0.1) is 12.6 Å². The van der Waals surface area contributed by atoms with Gasteiger partial charge in [0.25, 0.3) is 10.0 Å². The Morgan fingerprint density at radius 3 is 2.91 bits per heavy atom. The van der Waals surface area contributed by atoms with Gasteiger partial charge in [0.15, 0.2) is 5.82 Å². The zero-order valence-corrected chi connectivity index (χ0v) is 13.0. The van der Waals surface area contributed by atoms with Gasteiger partial charge in [0, 0.05) is 11.6 Å². The van der Waals surface area contributed by atoms with Crippen LogP contribution in [0.1, 0.15) is 10.5 Å². The summed E-state index contributed by atoms with van der Waals surface area (Å²) in [6.45, 7) is 0. The number of aromatic nitrogens is 2. The third kappa shape index (κ3) is 2.55. The largest absolute Gasteiger partial charge is 0.464 e. The minimum atomic E-state index is -3.71. The summed E-state index contributed by atoms with van der Waals surface area (Å²) in [6.07, 6.45) is 1.46. The SMILES string of the molecule is COC(=O)c1cc2ccnc(NS(=O)(=O)c3cccs3)c2[nH]1. The first-order valence-corrected chi connectivity index (χ1v) is 8.50. The number of nitrogens with zero attached hydrogens (tertiary/aromatic N) is 1. The number of hydrogen-bond donors (Lipinski definition) is 2. The average molecular weight is 337 g/mol. The van der Waals surface area contributed by atoms with Gasteiger partial charge < -0.3 is 9.72 Å². The number of anilines is 1. The van der Waals surface area contributed by atoms with Crippen molar-refractivity contribution in [3.63, 3.8) is 0 Å². The molecule has 9 heteroatoms. The predicted octanol–water partition coefficient (Wildman–Crippen LogP) is 2.21. The standard InChI is InChI=1S/C13H11N3O4S2/c1-20-13(17)9-7-8-4-5-14-12(11(8)15-9)16-22(18,19)10-3-2-6-21-10/h2-7,15H,1H3,(H,14,16). The van der Waals surface area contributed by atoms with Crippen molar-refractivity contribution < 1.29 is 17.9 Å². The number of nitrogens with one attached hydrogen (secondary N) is 2. The number of sulfonamides is 1. The Balaban J connectivity index is 2.04. The van der Waals surface area contributed by atoms with E-state index in [4.69, 9.17) is 0 Å². The third-order valence-corrected chi connectivity index (χ3v) is 5.68. The molecule has 0 bridgehead atoms. The van der Waals surface area contributed by atoms with Gasteiger partial charge in [-0.25, -0.2) is 18.2 Å². The molecule has 0 fully saturated rings. The number of carbonyl (C=O) groups excluding carboxylic acids is 1. The molecule has 0 aliphatic rings. The maximum Gasteiger partial charge on any atom is 0.354 e. The fourth-order valence-electron chi connectivity index (χ4n) is 1.95. The molecule has 2 N–H and O–H groups in total. The molecular weight excluding hydrogens is 326 g/mol. The molecule has 0 saturated carbocycles. The summed E-state index contributed by atoms with van der Waals surface area (Å²) < 4.78 is 31.8. The number of carbonyl (C=O) groups is 1. The molecule has 3 aromatic heterocycles. The van der Waals surface area contributed by atoms with E-state index in [9.17, 15) is 13.2 Å². The first-order chi connectivity index (χ1) is 10.5. The molecule has 22 heavy (non-hydrogen) atoms. The Morgan fingerprint density at radius 1 is 1.41 bits per heavy atom. The Labute approximate surface area is 130 Å². The van der Waals surface area contributed by atoms with Crippen molar-refractivity contribution in [2.24, 2.45) is 0 Å². The second-order valence-electron chi connectivity index (χ2n) is 4.34. The molecule has 3 heterocycles. The summed E-state index contributed by atoms with van der Waals surface area (Å²) >= 11 is 1.11. The number of ether oxygens (including phenoxy) is 1. The average Bonchev–Trinajstić information content (AvgIpc) is 3.16. The summed E-state index contributed by atoms with van der Waals surface area (Å²) in [4.78, 5) is 18.4. The zero-order chi connectivity index (χ0) is 15.7. The van der Waals surface area contributed by atoms with E-state index in [0.717, 1.165) is 11.3 Å². The van der Waals surface area contributed by atoms with Gasteiger partial charge >= 0.3 is 5.97 Å². The Hall–Kier alpha value is -2.39. The van der Waals surface area contributed by atoms with Crippen molar-refractivity contribution in [2.75, 3.05) is 11.8 Å². The maximum absolute atomic E-state index is 12.3. The Bertz CT molecular complexity index is 930. The van der Waals surface area contributed by atoms with E-state index < -0.39 is 16.0 Å². The fraction of sp³-hybridized carbons (Fsp3) is 0.0769. The van der Waals surface area contributed by atoms with Crippen molar-refractivity contribution in [1.82, 2.24) is 9.97 Å². The molecule has 114 valence electrons. The van der Waals surface area contributed by atoms with Crippen LogP contribution in [0.3, 0.4) is 0 Å². The van der Waals surface area contributed by atoms with E-state index in [0.29, 0.717) is 10.9 Å². The maximum atomic E-state index is 12.3. The lowest BCUT2D eigenvalue weighted by atomic mass is 10.3. The van der Waals surface area contributed by atoms with Crippen LogP contribution in [0, 0.1) is 0 Å². The summed E-state index contributed by atoms with van der Waals surface area (Å²) in [5.41, 5.74) is 0.644. The highest BCUT2D eigenvalue weighted by Crippen LogP contribution is 2.25. The molecular formula is C13H11N3O4S2. The van der Waals surface area contributed by atoms with Gasteiger partial charge in [0.2, 0.25) is 0 Å². The Morgan fingerprint density at radius 2 is 2.23 bits per heavy atom. The van der Waals surface area contributed by atoms with Gasteiger partial charge in [-0.1, -0.05) is 6.07 Å². The van der Waals surface area contributed by atoms with Crippen molar-refractivity contribution in [3.8, 4) is 0 Å². The second-order valence-corrected chi connectivity index (χ2v) is 7.19. The lowest BCUT2D eigenvalue weighted by Crippen LogP contribution is -2.12. The number of H-pyrrole nitrogens is 1. The molecule has 0 aliphatic carbocycles. The van der Waals surface area contributed by atoms with Crippen LogP contribution in [0.15, 0.2) is 40.1 Å². The van der Waals surface area contributed by atoms with E-state index in [1.807, 2.05) is 0 Å². The van der Waals surface area contributed by atoms with E-state index >= 15 is 0 Å². The van der Waals surface area contributed by atoms with Gasteiger partial charge in [0.1, 0.15) is 9.90 Å². The summed E-state index contributed by atoms with van der Waals surface area (Å²) in [7, 11) is -2.44. The number of fused-ring (bicyclic) bond motifs is 1. The predicted molar refractivity (Wildman–Crippen MR) is 82.6 cm³/mol. The molecule has 0 aliphatic heterocycles. The molecule has 3 aromatic rings. The van der Waals surface area contributed by atoms with Gasteiger partial charge in [-0.3, -0.25) is 4.72 Å². The monoisotopic (exact) mass is 337 g/mol. The summed E-state index contributed by atoms with van der Waals surface area (Å²) in [5, 5.41) is 2.33. The van der Waals surface area contributed by atoms with Crippen LogP contribution in [-0.2, 0) is 14.8 Å². The normalized spacial score (nSPS) is 11.5. The molecule has 0 unspecified atom stereocenters. The van der Waals surface area contributed by atoms with Crippen molar-refractivity contribution in [2.45, 2.75) is 4.21 Å². The van der Waals surface area contributed by atoms with Crippen LogP contribution in [0.4, 0.5) is 5.82 Å². The van der Waals surface area contributed by atoms with Crippen molar-refractivity contribution in [3.05, 3.63) is 41.5 Å². The quantitative estimate of drug-likeness (QED) is 0.711. The summed E-state index contributed by atoms with van der Waals surface area (Å²) in [5.74, 6) is -0.413. The van der Waals surface area contributed by atoms with E-state index in [1.165, 1.54) is 19.4 Å². The van der Waals surface area contributed by atoms with Gasteiger partial charge in [-0.2, -0.15) is 0 Å². The van der Waals surface area contributed by atoms with Crippen LogP contribution in [0.25, 0.3) is 10.9 Å². The zero-order valence-electron chi connectivity index (χ0n) is 11.4. The van der Waals surface area contributed by atoms with E-state index in [2.05, 4.69) is 19.4 Å². The third-order valence-electron chi connectivity index (χ3n) is 2.94. The lowest BCUT2D eigenvalue weighted by molar-refractivity contribution is 0.0595.